The van der Waals surface area contributed by atoms with Crippen molar-refractivity contribution in [1.29, 1.82) is 0 Å². The van der Waals surface area contributed by atoms with Crippen molar-refractivity contribution >= 4 is 23.3 Å². The van der Waals surface area contributed by atoms with Gasteiger partial charge in [0, 0.05) is 31.2 Å². The number of carbonyl (C=O) groups excluding carboxylic acids is 1. The third-order valence-corrected chi connectivity index (χ3v) is 2.89. The van der Waals surface area contributed by atoms with Crippen LogP contribution in [0.3, 0.4) is 0 Å². The summed E-state index contributed by atoms with van der Waals surface area (Å²) in [4.78, 5) is 15.6. The molecule has 0 amide bonds. The fourth-order valence-corrected chi connectivity index (χ4v) is 1.83. The highest BCUT2D eigenvalue weighted by atomic mass is 32.1. The fourth-order valence-electron chi connectivity index (χ4n) is 1.08. The zero-order valence-electron chi connectivity index (χ0n) is 8.86. The van der Waals surface area contributed by atoms with E-state index in [0.717, 1.165) is 29.9 Å². The van der Waals surface area contributed by atoms with Gasteiger partial charge in [0.2, 0.25) is 0 Å². The van der Waals surface area contributed by atoms with E-state index >= 15 is 0 Å². The number of nitrogens with zero attached hydrogens (tertiary/aromatic N) is 2. The van der Waals surface area contributed by atoms with Gasteiger partial charge in [0.25, 0.3) is 0 Å². The predicted octanol–water partition coefficient (Wildman–Crippen LogP) is 1.56. The Kier molecular flexibility index (Phi) is 4.10. The summed E-state index contributed by atoms with van der Waals surface area (Å²) in [7, 11) is 6.15. The lowest BCUT2D eigenvalue weighted by molar-refractivity contribution is 0.112. The quantitative estimate of drug-likeness (QED) is 0.692. The lowest BCUT2D eigenvalue weighted by Crippen LogP contribution is -2.28. The van der Waals surface area contributed by atoms with Crippen molar-refractivity contribution in [1.82, 2.24) is 4.90 Å². The van der Waals surface area contributed by atoms with Crippen molar-refractivity contribution in [2.45, 2.75) is 0 Å². The summed E-state index contributed by atoms with van der Waals surface area (Å²) >= 11 is 1.49. The Morgan fingerprint density at radius 2 is 2.07 bits per heavy atom. The van der Waals surface area contributed by atoms with Crippen molar-refractivity contribution in [3.8, 4) is 0 Å². The van der Waals surface area contributed by atoms with E-state index in [-0.39, 0.29) is 0 Å². The van der Waals surface area contributed by atoms with Gasteiger partial charge in [-0.3, -0.25) is 4.79 Å². The molecule has 0 spiro atoms. The Labute approximate surface area is 88.9 Å². The summed E-state index contributed by atoms with van der Waals surface area (Å²) in [6.07, 6.45) is 0.897. The predicted molar refractivity (Wildman–Crippen MR) is 61.5 cm³/mol. The van der Waals surface area contributed by atoms with Crippen LogP contribution in [0.2, 0.25) is 0 Å². The second kappa shape index (κ2) is 5.12. The molecule has 0 aliphatic heterocycles. The molecule has 0 N–H and O–H groups in total. The summed E-state index contributed by atoms with van der Waals surface area (Å²) < 4.78 is 0. The standard InChI is InChI=1S/C10H16N2OS/c1-11(2)4-5-12(3)9-6-10(7-13)14-8-9/h6-8H,4-5H2,1-3H3. The molecule has 0 radical (unpaired) electrons. The van der Waals surface area contributed by atoms with Gasteiger partial charge in [-0.15, -0.1) is 11.3 Å². The van der Waals surface area contributed by atoms with Gasteiger partial charge in [-0.2, -0.15) is 0 Å². The van der Waals surface area contributed by atoms with Crippen LogP contribution in [0, 0.1) is 0 Å². The third kappa shape index (κ3) is 3.12. The third-order valence-electron chi connectivity index (χ3n) is 2.05. The zero-order valence-corrected chi connectivity index (χ0v) is 9.67. The van der Waals surface area contributed by atoms with E-state index in [0.29, 0.717) is 0 Å². The van der Waals surface area contributed by atoms with Gasteiger partial charge in [0.05, 0.1) is 4.88 Å². The SMILES string of the molecule is CN(C)CCN(C)c1csc(C=O)c1. The van der Waals surface area contributed by atoms with Crippen LogP contribution in [-0.4, -0.2) is 45.4 Å². The molecular formula is C10H16N2OS. The van der Waals surface area contributed by atoms with E-state index in [1.807, 2.05) is 18.5 Å². The number of thiophene rings is 1. The van der Waals surface area contributed by atoms with Gasteiger partial charge in [0.1, 0.15) is 0 Å². The average Bonchev–Trinajstić information content (AvgIpc) is 2.62. The minimum atomic E-state index is 0.789. The normalized spacial score (nSPS) is 10.6. The van der Waals surface area contributed by atoms with E-state index in [1.54, 1.807) is 0 Å². The van der Waals surface area contributed by atoms with Crippen molar-refractivity contribution in [3.05, 3.63) is 16.3 Å². The Bertz CT molecular complexity index is 296. The summed E-state index contributed by atoms with van der Waals surface area (Å²) in [6, 6.07) is 1.92. The van der Waals surface area contributed by atoms with Gasteiger partial charge in [-0.05, 0) is 20.2 Å². The second-order valence-electron chi connectivity index (χ2n) is 3.55. The van der Waals surface area contributed by atoms with Crippen LogP contribution in [0.1, 0.15) is 9.67 Å². The maximum absolute atomic E-state index is 10.5. The average molecular weight is 212 g/mol. The second-order valence-corrected chi connectivity index (χ2v) is 4.49. The van der Waals surface area contributed by atoms with Crippen LogP contribution < -0.4 is 4.90 Å². The molecule has 14 heavy (non-hydrogen) atoms. The molecule has 0 aromatic carbocycles. The first-order valence-corrected chi connectivity index (χ1v) is 5.41. The molecule has 0 unspecified atom stereocenters. The zero-order chi connectivity index (χ0) is 10.6. The lowest BCUT2D eigenvalue weighted by Gasteiger charge is -2.19. The van der Waals surface area contributed by atoms with E-state index in [9.17, 15) is 4.79 Å². The van der Waals surface area contributed by atoms with E-state index < -0.39 is 0 Å². The highest BCUT2D eigenvalue weighted by Gasteiger charge is 2.04. The van der Waals surface area contributed by atoms with Crippen LogP contribution in [-0.2, 0) is 0 Å². The van der Waals surface area contributed by atoms with Crippen molar-refractivity contribution < 1.29 is 4.79 Å². The van der Waals surface area contributed by atoms with Crippen molar-refractivity contribution in [2.24, 2.45) is 0 Å². The molecule has 1 aromatic rings. The molecule has 1 rings (SSSR count). The number of likely N-dealkylation sites (N-methyl/N-ethyl adjacent to an activating group) is 2. The van der Waals surface area contributed by atoms with Gasteiger partial charge in [-0.25, -0.2) is 0 Å². The number of carbonyl (C=O) groups is 1. The molecule has 0 atom stereocenters. The first-order chi connectivity index (χ1) is 6.63. The summed E-state index contributed by atoms with van der Waals surface area (Å²) in [5, 5.41) is 2.01. The molecule has 4 heteroatoms. The Hall–Kier alpha value is -0.870. The van der Waals surface area contributed by atoms with Crippen LogP contribution in [0.15, 0.2) is 11.4 Å². The highest BCUT2D eigenvalue weighted by molar-refractivity contribution is 7.12. The minimum absolute atomic E-state index is 0.789. The van der Waals surface area contributed by atoms with Crippen molar-refractivity contribution in [2.75, 3.05) is 39.1 Å². The number of aldehydes is 1. The molecule has 0 saturated carbocycles. The van der Waals surface area contributed by atoms with E-state index in [2.05, 4.69) is 23.9 Å². The number of hydrogen-bond acceptors (Lipinski definition) is 4. The Balaban J connectivity index is 2.51. The van der Waals surface area contributed by atoms with Gasteiger partial charge in [0.15, 0.2) is 6.29 Å². The van der Waals surface area contributed by atoms with Crippen LogP contribution in [0.4, 0.5) is 5.69 Å². The minimum Gasteiger partial charge on any atom is -0.373 e. The number of rotatable bonds is 5. The molecule has 0 bridgehead atoms. The highest BCUT2D eigenvalue weighted by Crippen LogP contribution is 2.20. The summed E-state index contributed by atoms with van der Waals surface area (Å²) in [5.74, 6) is 0. The largest absolute Gasteiger partial charge is 0.373 e. The Morgan fingerprint density at radius 1 is 1.36 bits per heavy atom. The summed E-state index contributed by atoms with van der Waals surface area (Å²) in [5.41, 5.74) is 1.12. The molecule has 1 heterocycles. The monoisotopic (exact) mass is 212 g/mol. The Morgan fingerprint density at radius 3 is 2.57 bits per heavy atom. The first-order valence-electron chi connectivity index (χ1n) is 4.53. The van der Waals surface area contributed by atoms with Gasteiger partial charge >= 0.3 is 0 Å². The van der Waals surface area contributed by atoms with E-state index in [4.69, 9.17) is 0 Å². The first kappa shape index (κ1) is 11.2. The molecule has 0 saturated heterocycles. The van der Waals surface area contributed by atoms with Gasteiger partial charge < -0.3 is 9.80 Å². The molecule has 0 fully saturated rings. The maximum Gasteiger partial charge on any atom is 0.160 e. The molecule has 3 nitrogen and oxygen atoms in total. The molecular weight excluding hydrogens is 196 g/mol. The topological polar surface area (TPSA) is 23.6 Å². The smallest absolute Gasteiger partial charge is 0.160 e. The fraction of sp³-hybridized carbons (Fsp3) is 0.500. The number of hydrogen-bond donors (Lipinski definition) is 0. The van der Waals surface area contributed by atoms with Crippen LogP contribution in [0.25, 0.3) is 0 Å². The van der Waals surface area contributed by atoms with Crippen molar-refractivity contribution in [3.63, 3.8) is 0 Å². The molecule has 1 aromatic heterocycles. The maximum atomic E-state index is 10.5. The van der Waals surface area contributed by atoms with Crippen LogP contribution >= 0.6 is 11.3 Å². The lowest BCUT2D eigenvalue weighted by atomic mass is 10.4. The molecule has 0 aliphatic rings. The van der Waals surface area contributed by atoms with Gasteiger partial charge in [-0.1, -0.05) is 0 Å². The molecule has 78 valence electrons. The number of anilines is 1. The molecule has 0 aliphatic carbocycles. The van der Waals surface area contributed by atoms with E-state index in [1.165, 1.54) is 11.3 Å². The summed E-state index contributed by atoms with van der Waals surface area (Å²) in [6.45, 7) is 1.99. The van der Waals surface area contributed by atoms with Crippen LogP contribution in [0.5, 0.6) is 0 Å².